The molecular formula is C28H20F4N6O2. The number of amides is 2. The number of nitrogens with one attached hydrogen (secondary N) is 2. The zero-order chi connectivity index (χ0) is 28.3. The van der Waals surface area contributed by atoms with Gasteiger partial charge in [-0.3, -0.25) is 20.4 Å². The maximum Gasteiger partial charge on any atom is 0.449 e. The third-order valence-electron chi connectivity index (χ3n) is 5.83. The predicted molar refractivity (Wildman–Crippen MR) is 139 cm³/mol. The van der Waals surface area contributed by atoms with E-state index < -0.39 is 36.2 Å². The Labute approximate surface area is 224 Å². The SMILES string of the molecule is O=C(/C=C/c1cn(-c2ccccc2)nc1-c1ccc(F)cc1)NNC(=O)Cn1c(C(F)(F)F)nc2ccccc21. The standard InChI is InChI=1S/C28H20F4N6O2/c29-20-13-10-18(11-14-20)26-19(16-38(36-26)21-6-2-1-3-7-21)12-15-24(39)34-35-25(40)17-37-23-9-5-4-8-22(23)33-27(37)28(30,31)32/h1-16H,17H2,(H,34,39)(H,35,40)/b15-12+. The van der Waals surface area contributed by atoms with Crippen LogP contribution in [0.1, 0.15) is 11.4 Å². The van der Waals surface area contributed by atoms with E-state index in [1.165, 1.54) is 42.5 Å². The van der Waals surface area contributed by atoms with Gasteiger partial charge in [-0.25, -0.2) is 14.1 Å². The number of carbonyl (C=O) groups is 2. The molecule has 2 aromatic heterocycles. The summed E-state index contributed by atoms with van der Waals surface area (Å²) in [5, 5.41) is 4.57. The fraction of sp³-hybridized carbons (Fsp3) is 0.0714. The summed E-state index contributed by atoms with van der Waals surface area (Å²) in [6, 6.07) is 20.8. The van der Waals surface area contributed by atoms with Crippen LogP contribution in [0.2, 0.25) is 0 Å². The van der Waals surface area contributed by atoms with Crippen LogP contribution in [0.15, 0.2) is 91.1 Å². The molecule has 2 heterocycles. The van der Waals surface area contributed by atoms with Gasteiger partial charge in [0.15, 0.2) is 0 Å². The second-order valence-corrected chi connectivity index (χ2v) is 8.60. The van der Waals surface area contributed by atoms with E-state index in [1.807, 2.05) is 30.3 Å². The topological polar surface area (TPSA) is 93.8 Å². The van der Waals surface area contributed by atoms with E-state index in [-0.39, 0.29) is 11.0 Å². The molecule has 0 atom stereocenters. The maximum atomic E-state index is 13.5. The Morgan fingerprint density at radius 2 is 1.60 bits per heavy atom. The van der Waals surface area contributed by atoms with Crippen molar-refractivity contribution in [3.8, 4) is 16.9 Å². The Bertz CT molecular complexity index is 1710. The smallest absolute Gasteiger partial charge is 0.311 e. The summed E-state index contributed by atoms with van der Waals surface area (Å²) >= 11 is 0. The van der Waals surface area contributed by atoms with Crippen molar-refractivity contribution in [2.75, 3.05) is 0 Å². The molecular weight excluding hydrogens is 528 g/mol. The average Bonchev–Trinajstić information content (AvgIpc) is 3.54. The molecule has 202 valence electrons. The lowest BCUT2D eigenvalue weighted by Crippen LogP contribution is -2.42. The van der Waals surface area contributed by atoms with Crippen LogP contribution in [-0.2, 0) is 22.3 Å². The molecule has 0 fully saturated rings. The molecule has 0 saturated carbocycles. The molecule has 0 bridgehead atoms. The molecule has 0 aliphatic carbocycles. The van der Waals surface area contributed by atoms with Gasteiger partial charge in [0.25, 0.3) is 11.8 Å². The first-order valence-corrected chi connectivity index (χ1v) is 11.9. The molecule has 3 aromatic carbocycles. The largest absolute Gasteiger partial charge is 0.449 e. The lowest BCUT2D eigenvalue weighted by atomic mass is 10.1. The van der Waals surface area contributed by atoms with Crippen LogP contribution in [0.25, 0.3) is 34.1 Å². The number of aromatic nitrogens is 4. The Kier molecular flexibility index (Phi) is 7.15. The molecule has 5 aromatic rings. The van der Waals surface area contributed by atoms with Crippen LogP contribution in [0.3, 0.4) is 0 Å². The fourth-order valence-corrected chi connectivity index (χ4v) is 4.03. The maximum absolute atomic E-state index is 13.5. The fourth-order valence-electron chi connectivity index (χ4n) is 4.03. The number of halogens is 4. The van der Waals surface area contributed by atoms with Crippen LogP contribution < -0.4 is 10.9 Å². The van der Waals surface area contributed by atoms with Gasteiger partial charge in [-0.05, 0) is 54.6 Å². The minimum Gasteiger partial charge on any atom is -0.311 e. The van der Waals surface area contributed by atoms with Crippen molar-refractivity contribution in [3.05, 3.63) is 108 Å². The number of carbonyl (C=O) groups excluding carboxylic acids is 2. The highest BCUT2D eigenvalue weighted by molar-refractivity contribution is 5.94. The highest BCUT2D eigenvalue weighted by Crippen LogP contribution is 2.31. The van der Waals surface area contributed by atoms with Crippen molar-refractivity contribution in [1.29, 1.82) is 0 Å². The third-order valence-corrected chi connectivity index (χ3v) is 5.83. The van der Waals surface area contributed by atoms with Crippen molar-refractivity contribution in [1.82, 2.24) is 30.2 Å². The van der Waals surface area contributed by atoms with Gasteiger partial charge in [0, 0.05) is 23.4 Å². The Morgan fingerprint density at radius 3 is 2.33 bits per heavy atom. The van der Waals surface area contributed by atoms with Crippen molar-refractivity contribution in [2.24, 2.45) is 0 Å². The molecule has 0 aliphatic heterocycles. The average molecular weight is 549 g/mol. The summed E-state index contributed by atoms with van der Waals surface area (Å²) in [5.74, 6) is -3.26. The monoisotopic (exact) mass is 548 g/mol. The van der Waals surface area contributed by atoms with Crippen molar-refractivity contribution >= 4 is 28.9 Å². The normalized spacial score (nSPS) is 11.7. The first-order valence-electron chi connectivity index (χ1n) is 11.9. The minimum atomic E-state index is -4.78. The number of hydrazine groups is 1. The molecule has 2 N–H and O–H groups in total. The van der Waals surface area contributed by atoms with Crippen molar-refractivity contribution in [2.45, 2.75) is 12.7 Å². The molecule has 0 aliphatic rings. The Morgan fingerprint density at radius 1 is 0.900 bits per heavy atom. The van der Waals surface area contributed by atoms with E-state index in [4.69, 9.17) is 0 Å². The van der Waals surface area contributed by atoms with Crippen LogP contribution in [0.5, 0.6) is 0 Å². The summed E-state index contributed by atoms with van der Waals surface area (Å²) in [4.78, 5) is 28.5. The molecule has 0 radical (unpaired) electrons. The van der Waals surface area contributed by atoms with Crippen LogP contribution >= 0.6 is 0 Å². The third kappa shape index (κ3) is 5.75. The number of fused-ring (bicyclic) bond motifs is 1. The quantitative estimate of drug-likeness (QED) is 0.179. The first kappa shape index (κ1) is 26.4. The second kappa shape index (κ2) is 10.8. The number of imidazole rings is 1. The number of hydrogen-bond donors (Lipinski definition) is 2. The van der Waals surface area contributed by atoms with Gasteiger partial charge in [0.1, 0.15) is 12.4 Å². The number of hydrogen-bond acceptors (Lipinski definition) is 4. The van der Waals surface area contributed by atoms with Gasteiger partial charge in [-0.2, -0.15) is 18.3 Å². The van der Waals surface area contributed by atoms with Gasteiger partial charge in [0.05, 0.1) is 22.4 Å². The van der Waals surface area contributed by atoms with Gasteiger partial charge >= 0.3 is 6.18 Å². The summed E-state index contributed by atoms with van der Waals surface area (Å²) in [6.07, 6.45) is -0.512. The van der Waals surface area contributed by atoms with Gasteiger partial charge in [0.2, 0.25) is 5.82 Å². The zero-order valence-electron chi connectivity index (χ0n) is 20.6. The molecule has 5 rings (SSSR count). The highest BCUT2D eigenvalue weighted by atomic mass is 19.4. The minimum absolute atomic E-state index is 0.0857. The van der Waals surface area contributed by atoms with Gasteiger partial charge < -0.3 is 4.57 Å². The summed E-state index contributed by atoms with van der Waals surface area (Å²) in [7, 11) is 0. The van der Waals surface area contributed by atoms with E-state index in [9.17, 15) is 27.2 Å². The zero-order valence-corrected chi connectivity index (χ0v) is 20.6. The van der Waals surface area contributed by atoms with Crippen molar-refractivity contribution in [3.63, 3.8) is 0 Å². The number of alkyl halides is 3. The second-order valence-electron chi connectivity index (χ2n) is 8.60. The van der Waals surface area contributed by atoms with Crippen LogP contribution in [-0.4, -0.2) is 31.1 Å². The molecule has 0 saturated heterocycles. The van der Waals surface area contributed by atoms with E-state index in [1.54, 1.807) is 23.0 Å². The summed E-state index contributed by atoms with van der Waals surface area (Å²) in [5.41, 5.74) is 6.85. The Hall–Kier alpha value is -5.26. The lowest BCUT2D eigenvalue weighted by Gasteiger charge is -2.11. The van der Waals surface area contributed by atoms with Crippen LogP contribution in [0, 0.1) is 5.82 Å². The van der Waals surface area contributed by atoms with Gasteiger partial charge in [-0.15, -0.1) is 0 Å². The number of nitrogens with zero attached hydrogens (tertiary/aromatic N) is 4. The van der Waals surface area contributed by atoms with E-state index in [0.717, 1.165) is 16.3 Å². The van der Waals surface area contributed by atoms with Gasteiger partial charge in [-0.1, -0.05) is 30.3 Å². The van der Waals surface area contributed by atoms with Crippen molar-refractivity contribution < 1.29 is 27.2 Å². The van der Waals surface area contributed by atoms with E-state index >= 15 is 0 Å². The molecule has 8 nitrogen and oxygen atoms in total. The lowest BCUT2D eigenvalue weighted by molar-refractivity contribution is -0.147. The molecule has 0 spiro atoms. The van der Waals surface area contributed by atoms with E-state index in [0.29, 0.717) is 16.8 Å². The number of benzene rings is 3. The summed E-state index contributed by atoms with van der Waals surface area (Å²) in [6.45, 7) is -0.724. The van der Waals surface area contributed by atoms with E-state index in [2.05, 4.69) is 20.9 Å². The molecule has 2 amide bonds. The highest BCUT2D eigenvalue weighted by Gasteiger charge is 2.38. The number of rotatable bonds is 6. The predicted octanol–water partition coefficient (Wildman–Crippen LogP) is 4.91. The summed E-state index contributed by atoms with van der Waals surface area (Å²) < 4.78 is 56.2. The molecule has 12 heteroatoms. The molecule has 40 heavy (non-hydrogen) atoms. The van der Waals surface area contributed by atoms with Crippen LogP contribution in [0.4, 0.5) is 17.6 Å². The molecule has 0 unspecified atom stereocenters. The number of para-hydroxylation sites is 3. The first-order chi connectivity index (χ1) is 19.2. The Balaban J connectivity index is 1.31.